The van der Waals surface area contributed by atoms with Crippen LogP contribution < -0.4 is 15.6 Å². The maximum absolute atomic E-state index is 13.6. The second kappa shape index (κ2) is 9.37. The Morgan fingerprint density at radius 1 is 1.09 bits per heavy atom. The molecule has 182 valence electrons. The molecule has 1 N–H and O–H groups in total. The molecule has 2 aliphatic heterocycles. The highest BCUT2D eigenvalue weighted by atomic mass is 35.5. The van der Waals surface area contributed by atoms with Crippen molar-refractivity contribution in [2.45, 2.75) is 32.1 Å². The van der Waals surface area contributed by atoms with E-state index in [1.807, 2.05) is 22.6 Å². The number of pyridine rings is 1. The summed E-state index contributed by atoms with van der Waals surface area (Å²) in [4.78, 5) is 41.5. The number of likely N-dealkylation sites (tertiary alicyclic amines) is 1. The van der Waals surface area contributed by atoms with Crippen molar-refractivity contribution in [2.75, 3.05) is 44.2 Å². The Morgan fingerprint density at radius 2 is 1.86 bits per heavy atom. The molecule has 0 aliphatic carbocycles. The number of amides is 1. The lowest BCUT2D eigenvalue weighted by atomic mass is 10.1. The van der Waals surface area contributed by atoms with E-state index in [1.54, 1.807) is 6.20 Å². The minimum Gasteiger partial charge on any atom is -0.351 e. The summed E-state index contributed by atoms with van der Waals surface area (Å²) in [5.41, 5.74) is 1.16. The van der Waals surface area contributed by atoms with Gasteiger partial charge in [-0.2, -0.15) is 4.98 Å². The van der Waals surface area contributed by atoms with E-state index in [0.717, 1.165) is 55.8 Å². The largest absolute Gasteiger partial charge is 0.351 e. The normalized spacial score (nSPS) is 17.1. The molecular formula is C25H27ClN6O2S. The topological polar surface area (TPSA) is 82.8 Å². The van der Waals surface area contributed by atoms with Crippen LogP contribution >= 0.6 is 22.9 Å². The molecular weight excluding hydrogens is 484 g/mol. The molecule has 6 rings (SSSR count). The third-order valence-corrected chi connectivity index (χ3v) is 8.38. The molecule has 2 fully saturated rings. The maximum Gasteiger partial charge on any atom is 0.258 e. The molecule has 0 radical (unpaired) electrons. The summed E-state index contributed by atoms with van der Waals surface area (Å²) in [7, 11) is 0. The first-order chi connectivity index (χ1) is 17.1. The Morgan fingerprint density at radius 3 is 2.66 bits per heavy atom. The summed E-state index contributed by atoms with van der Waals surface area (Å²) < 4.78 is 2.85. The number of rotatable bonds is 5. The number of nitrogens with zero attached hydrogens (tertiary/aromatic N) is 5. The van der Waals surface area contributed by atoms with Crippen LogP contribution in [0, 0.1) is 0 Å². The number of benzene rings is 1. The van der Waals surface area contributed by atoms with Crippen molar-refractivity contribution < 1.29 is 4.79 Å². The van der Waals surface area contributed by atoms with Crippen LogP contribution in [-0.2, 0) is 0 Å². The van der Waals surface area contributed by atoms with Crippen molar-refractivity contribution in [1.29, 1.82) is 0 Å². The fraction of sp³-hybridized carbons (Fsp3) is 0.440. The van der Waals surface area contributed by atoms with E-state index >= 15 is 0 Å². The molecule has 5 heterocycles. The second-order valence-electron chi connectivity index (χ2n) is 9.32. The smallest absolute Gasteiger partial charge is 0.258 e. The van der Waals surface area contributed by atoms with Crippen molar-refractivity contribution in [3.8, 4) is 0 Å². The average Bonchev–Trinajstić information content (AvgIpc) is 3.52. The third-order valence-electron chi connectivity index (χ3n) is 7.00. The lowest BCUT2D eigenvalue weighted by molar-refractivity contribution is 0.0950. The number of aromatic nitrogens is 3. The molecule has 10 heteroatoms. The maximum atomic E-state index is 13.6. The van der Waals surface area contributed by atoms with Gasteiger partial charge in [-0.15, -0.1) is 11.3 Å². The van der Waals surface area contributed by atoms with Gasteiger partial charge in [-0.25, -0.2) is 4.98 Å². The minimum absolute atomic E-state index is 0.144. The Bertz CT molecular complexity index is 1490. The van der Waals surface area contributed by atoms with E-state index in [4.69, 9.17) is 16.6 Å². The van der Waals surface area contributed by atoms with Crippen LogP contribution in [0.5, 0.6) is 0 Å². The Kier molecular flexibility index (Phi) is 6.07. The van der Waals surface area contributed by atoms with Crippen molar-refractivity contribution >= 4 is 60.9 Å². The minimum atomic E-state index is -0.355. The first-order valence-electron chi connectivity index (χ1n) is 12.3. The monoisotopic (exact) mass is 510 g/mol. The van der Waals surface area contributed by atoms with Crippen LogP contribution in [0.3, 0.4) is 0 Å². The number of nitrogens with one attached hydrogen (secondary N) is 1. The first kappa shape index (κ1) is 22.7. The Labute approximate surface area is 211 Å². The second-order valence-corrected chi connectivity index (χ2v) is 10.8. The number of carbonyl (C=O) groups excluding carboxylic acids is 1. The summed E-state index contributed by atoms with van der Waals surface area (Å²) in [5, 5.41) is 3.91. The van der Waals surface area contributed by atoms with Crippen LogP contribution in [0.25, 0.3) is 26.1 Å². The van der Waals surface area contributed by atoms with Gasteiger partial charge in [0.1, 0.15) is 10.4 Å². The van der Waals surface area contributed by atoms with Gasteiger partial charge < -0.3 is 15.1 Å². The first-order valence-corrected chi connectivity index (χ1v) is 13.5. The van der Waals surface area contributed by atoms with Crippen molar-refractivity contribution in [1.82, 2.24) is 24.6 Å². The molecule has 4 aromatic rings. The fourth-order valence-corrected chi connectivity index (χ4v) is 6.51. The number of hydrogen-bond acceptors (Lipinski definition) is 7. The van der Waals surface area contributed by atoms with Gasteiger partial charge in [-0.05, 0) is 63.4 Å². The quantitative estimate of drug-likeness (QED) is 0.438. The van der Waals surface area contributed by atoms with E-state index in [1.165, 1.54) is 30.6 Å². The van der Waals surface area contributed by atoms with Crippen LogP contribution in [0.4, 0.5) is 5.95 Å². The molecule has 0 bridgehead atoms. The van der Waals surface area contributed by atoms with Gasteiger partial charge in [0.2, 0.25) is 11.4 Å². The number of piperidine rings is 1. The number of anilines is 1. The van der Waals surface area contributed by atoms with Crippen molar-refractivity contribution in [3.63, 3.8) is 0 Å². The molecule has 3 aromatic heterocycles. The molecule has 1 amide bonds. The van der Waals surface area contributed by atoms with Gasteiger partial charge in [0.05, 0.1) is 15.6 Å². The standard InChI is InChI=1S/C25H27ClN6O2S/c26-16-6-7-19-18(14-16)32-22-17(15-28-25(29-22)31-11-2-1-3-12-31)21(33)20(24(32)35-19)23(34)27-8-13-30-9-4-5-10-30/h6-7,14-15H,1-5,8-13H2,(H,27,34). The predicted octanol–water partition coefficient (Wildman–Crippen LogP) is 3.93. The van der Waals surface area contributed by atoms with Gasteiger partial charge in [-0.3, -0.25) is 14.0 Å². The molecule has 0 saturated carbocycles. The van der Waals surface area contributed by atoms with Gasteiger partial charge in [-0.1, -0.05) is 11.6 Å². The van der Waals surface area contributed by atoms with E-state index < -0.39 is 0 Å². The van der Waals surface area contributed by atoms with Crippen molar-refractivity contribution in [2.24, 2.45) is 0 Å². The summed E-state index contributed by atoms with van der Waals surface area (Å²) in [6.45, 7) is 5.21. The molecule has 0 unspecified atom stereocenters. The summed E-state index contributed by atoms with van der Waals surface area (Å²) in [5.74, 6) is 0.265. The van der Waals surface area contributed by atoms with Gasteiger partial charge in [0, 0.05) is 37.4 Å². The lowest BCUT2D eigenvalue weighted by Crippen LogP contribution is -2.36. The Balaban J connectivity index is 1.49. The number of thiazole rings is 1. The molecule has 8 nitrogen and oxygen atoms in total. The molecule has 0 spiro atoms. The fourth-order valence-electron chi connectivity index (χ4n) is 5.18. The number of fused-ring (bicyclic) bond motifs is 5. The van der Waals surface area contributed by atoms with Crippen LogP contribution in [0.15, 0.2) is 29.2 Å². The van der Waals surface area contributed by atoms with E-state index in [9.17, 15) is 9.59 Å². The molecule has 35 heavy (non-hydrogen) atoms. The number of carbonyl (C=O) groups is 1. The van der Waals surface area contributed by atoms with Crippen LogP contribution in [0.2, 0.25) is 5.02 Å². The third kappa shape index (κ3) is 4.15. The van der Waals surface area contributed by atoms with Crippen LogP contribution in [-0.4, -0.2) is 64.4 Å². The van der Waals surface area contributed by atoms with Crippen molar-refractivity contribution in [3.05, 3.63) is 45.2 Å². The lowest BCUT2D eigenvalue weighted by Gasteiger charge is -2.26. The zero-order chi connectivity index (χ0) is 23.9. The van der Waals surface area contributed by atoms with Crippen LogP contribution in [0.1, 0.15) is 42.5 Å². The zero-order valence-corrected chi connectivity index (χ0v) is 21.0. The Hall–Kier alpha value is -2.75. The van der Waals surface area contributed by atoms with E-state index in [0.29, 0.717) is 33.4 Å². The summed E-state index contributed by atoms with van der Waals surface area (Å²) in [6, 6.07) is 5.61. The molecule has 2 aliphatic rings. The van der Waals surface area contributed by atoms with E-state index in [-0.39, 0.29) is 16.9 Å². The summed E-state index contributed by atoms with van der Waals surface area (Å²) in [6.07, 6.45) is 7.39. The van der Waals surface area contributed by atoms with Gasteiger partial charge in [0.25, 0.3) is 5.91 Å². The van der Waals surface area contributed by atoms with Gasteiger partial charge >= 0.3 is 0 Å². The highest BCUT2D eigenvalue weighted by Crippen LogP contribution is 2.32. The number of halogens is 1. The summed E-state index contributed by atoms with van der Waals surface area (Å²) >= 11 is 7.76. The van der Waals surface area contributed by atoms with E-state index in [2.05, 4.69) is 20.1 Å². The highest BCUT2D eigenvalue weighted by molar-refractivity contribution is 7.24. The van der Waals surface area contributed by atoms with Gasteiger partial charge in [0.15, 0.2) is 5.65 Å². The zero-order valence-electron chi connectivity index (χ0n) is 19.4. The average molecular weight is 511 g/mol. The SMILES string of the molecule is O=C(NCCN1CCCC1)c1c(=O)c2cnc(N3CCCCC3)nc2n2c1sc1ccc(Cl)cc12. The molecule has 2 saturated heterocycles. The predicted molar refractivity (Wildman–Crippen MR) is 141 cm³/mol. The molecule has 0 atom stereocenters. The molecule has 1 aromatic carbocycles. The number of hydrogen-bond donors (Lipinski definition) is 1. The highest BCUT2D eigenvalue weighted by Gasteiger charge is 2.24.